The molecule has 4 heterocycles. The predicted molar refractivity (Wildman–Crippen MR) is 220 cm³/mol. The molecule has 0 fully saturated rings. The predicted octanol–water partition coefficient (Wildman–Crippen LogP) is 13.1. The van der Waals surface area contributed by atoms with Gasteiger partial charge < -0.3 is 4.42 Å². The van der Waals surface area contributed by atoms with E-state index in [1.54, 1.807) is 11.3 Å². The van der Waals surface area contributed by atoms with Crippen molar-refractivity contribution in [3.8, 4) is 55.9 Å². The number of benzene rings is 7. The van der Waals surface area contributed by atoms with E-state index in [1.165, 1.54) is 25.7 Å². The van der Waals surface area contributed by atoms with Gasteiger partial charge in [0.1, 0.15) is 16.2 Å². The van der Waals surface area contributed by atoms with Crippen LogP contribution >= 0.6 is 22.7 Å². The Balaban J connectivity index is 1.09. The van der Waals surface area contributed by atoms with Gasteiger partial charge in [0, 0.05) is 53.2 Å². The average molecular weight is 715 g/mol. The summed E-state index contributed by atoms with van der Waals surface area (Å²) in [6.07, 6.45) is 0. The molecular formula is C46H26N4OS2. The number of furan rings is 1. The van der Waals surface area contributed by atoms with E-state index < -0.39 is 0 Å². The standard InChI is InChI=1S/C46H26N4OS2/c1-2-11-27(12-3-1)43-48-44(29-14-8-13-28(25-29)31-16-9-17-33-32-15-4-6-21-39(32)52-42(31)33)50-45(49-43)34-18-10-20-38-41(34)35-26-30(23-24-37(35)51-38)46-47-36-19-5-7-22-40(36)53-46/h1-26H. The normalized spacial score (nSPS) is 11.8. The molecule has 11 aromatic rings. The summed E-state index contributed by atoms with van der Waals surface area (Å²) < 4.78 is 10.2. The lowest BCUT2D eigenvalue weighted by atomic mass is 10.0. The molecule has 0 spiro atoms. The first-order valence-electron chi connectivity index (χ1n) is 17.4. The Bertz CT molecular complexity index is 3160. The monoisotopic (exact) mass is 714 g/mol. The maximum atomic E-state index is 6.43. The molecule has 7 heteroatoms. The van der Waals surface area contributed by atoms with Crippen LogP contribution in [0.2, 0.25) is 0 Å². The maximum absolute atomic E-state index is 6.43. The summed E-state index contributed by atoms with van der Waals surface area (Å²) in [7, 11) is 0. The van der Waals surface area contributed by atoms with Crippen LogP contribution < -0.4 is 0 Å². The van der Waals surface area contributed by atoms with E-state index in [0.717, 1.165) is 65.0 Å². The molecule has 0 aliphatic rings. The molecule has 4 aromatic heterocycles. The zero-order chi connectivity index (χ0) is 34.9. The van der Waals surface area contributed by atoms with Gasteiger partial charge >= 0.3 is 0 Å². The Kier molecular flexibility index (Phi) is 6.83. The number of para-hydroxylation sites is 1. The summed E-state index contributed by atoms with van der Waals surface area (Å²) in [6.45, 7) is 0. The number of hydrogen-bond acceptors (Lipinski definition) is 7. The zero-order valence-electron chi connectivity index (χ0n) is 28.0. The van der Waals surface area contributed by atoms with Crippen molar-refractivity contribution in [2.24, 2.45) is 0 Å². The highest BCUT2D eigenvalue weighted by atomic mass is 32.1. The average Bonchev–Trinajstić information content (AvgIpc) is 3.94. The molecule has 11 rings (SSSR count). The number of aromatic nitrogens is 4. The quantitative estimate of drug-likeness (QED) is 0.178. The van der Waals surface area contributed by atoms with Crippen molar-refractivity contribution in [3.05, 3.63) is 158 Å². The van der Waals surface area contributed by atoms with Crippen LogP contribution in [0.5, 0.6) is 0 Å². The largest absolute Gasteiger partial charge is 0.456 e. The van der Waals surface area contributed by atoms with Crippen molar-refractivity contribution in [3.63, 3.8) is 0 Å². The number of hydrogen-bond donors (Lipinski definition) is 0. The van der Waals surface area contributed by atoms with Gasteiger partial charge in [0.2, 0.25) is 0 Å². The van der Waals surface area contributed by atoms with Gasteiger partial charge in [-0.15, -0.1) is 22.7 Å². The molecule has 53 heavy (non-hydrogen) atoms. The van der Waals surface area contributed by atoms with Gasteiger partial charge in [-0.05, 0) is 59.7 Å². The third kappa shape index (κ3) is 5.04. The number of rotatable bonds is 5. The lowest BCUT2D eigenvalue weighted by Gasteiger charge is -2.11. The smallest absolute Gasteiger partial charge is 0.164 e. The maximum Gasteiger partial charge on any atom is 0.164 e. The van der Waals surface area contributed by atoms with Gasteiger partial charge in [-0.2, -0.15) is 0 Å². The minimum absolute atomic E-state index is 0.588. The Labute approximate surface area is 311 Å². The van der Waals surface area contributed by atoms with Crippen LogP contribution in [0.3, 0.4) is 0 Å². The minimum Gasteiger partial charge on any atom is -0.456 e. The summed E-state index contributed by atoms with van der Waals surface area (Å²) >= 11 is 3.53. The second-order valence-corrected chi connectivity index (χ2v) is 15.1. The molecule has 0 N–H and O–H groups in total. The molecule has 0 atom stereocenters. The van der Waals surface area contributed by atoms with Crippen LogP contribution in [0.15, 0.2) is 162 Å². The van der Waals surface area contributed by atoms with Crippen molar-refractivity contribution in [1.82, 2.24) is 19.9 Å². The number of thiazole rings is 1. The Morgan fingerprint density at radius 3 is 2.00 bits per heavy atom. The molecule has 0 aliphatic heterocycles. The lowest BCUT2D eigenvalue weighted by molar-refractivity contribution is 0.669. The highest BCUT2D eigenvalue weighted by molar-refractivity contribution is 7.26. The zero-order valence-corrected chi connectivity index (χ0v) is 29.7. The van der Waals surface area contributed by atoms with E-state index >= 15 is 0 Å². The molecule has 0 saturated carbocycles. The van der Waals surface area contributed by atoms with Crippen LogP contribution in [0.1, 0.15) is 0 Å². The van der Waals surface area contributed by atoms with Gasteiger partial charge in [-0.3, -0.25) is 0 Å². The minimum atomic E-state index is 0.588. The van der Waals surface area contributed by atoms with Crippen molar-refractivity contribution >= 4 is 75.0 Å². The first-order valence-corrected chi connectivity index (χ1v) is 19.0. The van der Waals surface area contributed by atoms with Gasteiger partial charge in [0.05, 0.1) is 10.2 Å². The van der Waals surface area contributed by atoms with E-state index in [2.05, 4.69) is 103 Å². The molecule has 0 saturated heterocycles. The first kappa shape index (κ1) is 30.1. The summed E-state index contributed by atoms with van der Waals surface area (Å²) in [5.74, 6) is 1.81. The van der Waals surface area contributed by atoms with Crippen molar-refractivity contribution in [2.45, 2.75) is 0 Å². The Hall–Kier alpha value is -6.54. The van der Waals surface area contributed by atoms with E-state index in [4.69, 9.17) is 24.4 Å². The molecule has 5 nitrogen and oxygen atoms in total. The number of thiophene rings is 1. The van der Waals surface area contributed by atoms with E-state index in [9.17, 15) is 0 Å². The fourth-order valence-corrected chi connectivity index (χ4v) is 9.48. The fourth-order valence-electron chi connectivity index (χ4n) is 7.28. The summed E-state index contributed by atoms with van der Waals surface area (Å²) in [5.41, 5.74) is 8.67. The van der Waals surface area contributed by atoms with Crippen LogP contribution in [0.4, 0.5) is 0 Å². The Morgan fingerprint density at radius 2 is 1.09 bits per heavy atom. The molecule has 0 amide bonds. The first-order chi connectivity index (χ1) is 26.2. The van der Waals surface area contributed by atoms with Gasteiger partial charge in [-0.25, -0.2) is 19.9 Å². The van der Waals surface area contributed by atoms with Crippen LogP contribution in [-0.2, 0) is 0 Å². The molecule has 0 bridgehead atoms. The van der Waals surface area contributed by atoms with E-state index in [-0.39, 0.29) is 0 Å². The fraction of sp³-hybridized carbons (Fsp3) is 0. The molecule has 7 aromatic carbocycles. The number of nitrogens with zero attached hydrogens (tertiary/aromatic N) is 4. The van der Waals surface area contributed by atoms with Crippen molar-refractivity contribution in [2.75, 3.05) is 0 Å². The molecule has 248 valence electrons. The topological polar surface area (TPSA) is 64.7 Å². The van der Waals surface area contributed by atoms with Gasteiger partial charge in [-0.1, -0.05) is 109 Å². The number of fused-ring (bicyclic) bond motifs is 7. The van der Waals surface area contributed by atoms with Gasteiger partial charge in [0.25, 0.3) is 0 Å². The highest BCUT2D eigenvalue weighted by Gasteiger charge is 2.19. The third-order valence-corrected chi connectivity index (χ3v) is 12.1. The third-order valence-electron chi connectivity index (χ3n) is 9.78. The van der Waals surface area contributed by atoms with E-state index in [1.807, 2.05) is 65.9 Å². The van der Waals surface area contributed by atoms with Crippen molar-refractivity contribution in [1.29, 1.82) is 0 Å². The SMILES string of the molecule is c1ccc(-c2nc(-c3cccc(-c4cccc5c4sc4ccccc45)c3)nc(-c3cccc4oc5ccc(-c6nc7ccccc7s6)cc5c34)n2)cc1. The molecular weight excluding hydrogens is 689 g/mol. The van der Waals surface area contributed by atoms with Crippen LogP contribution in [-0.4, -0.2) is 19.9 Å². The molecule has 0 radical (unpaired) electrons. The van der Waals surface area contributed by atoms with Crippen molar-refractivity contribution < 1.29 is 4.42 Å². The summed E-state index contributed by atoms with van der Waals surface area (Å²) in [5, 5.41) is 5.49. The highest BCUT2D eigenvalue weighted by Crippen LogP contribution is 2.42. The van der Waals surface area contributed by atoms with Gasteiger partial charge in [0.15, 0.2) is 17.5 Å². The van der Waals surface area contributed by atoms with E-state index in [0.29, 0.717) is 17.5 Å². The summed E-state index contributed by atoms with van der Waals surface area (Å²) in [4.78, 5) is 20.3. The van der Waals surface area contributed by atoms with Crippen LogP contribution in [0.25, 0.3) is 108 Å². The second-order valence-electron chi connectivity index (χ2n) is 13.0. The lowest BCUT2D eigenvalue weighted by Crippen LogP contribution is -2.00. The summed E-state index contributed by atoms with van der Waals surface area (Å²) in [6, 6.07) is 54.5. The second kappa shape index (κ2) is 12.0. The molecule has 0 unspecified atom stereocenters. The Morgan fingerprint density at radius 1 is 0.396 bits per heavy atom. The van der Waals surface area contributed by atoms with Crippen LogP contribution in [0, 0.1) is 0 Å². The molecule has 0 aliphatic carbocycles.